The number of nitrogens with two attached hydrogens (primary N) is 1. The Hall–Kier alpha value is -0.600. The lowest BCUT2D eigenvalue weighted by Gasteiger charge is -2.24. The van der Waals surface area contributed by atoms with Crippen LogP contribution in [0.4, 0.5) is 4.39 Å². The molecule has 0 aromatic heterocycles. The lowest BCUT2D eigenvalue weighted by Crippen LogP contribution is -2.20. The molecule has 1 aromatic carbocycles. The lowest BCUT2D eigenvalue weighted by atomic mass is 9.82. The Morgan fingerprint density at radius 3 is 2.60 bits per heavy atom. The fourth-order valence-electron chi connectivity index (χ4n) is 1.66. The van der Waals surface area contributed by atoms with Crippen LogP contribution in [0.15, 0.2) is 18.2 Å². The van der Waals surface area contributed by atoms with Gasteiger partial charge in [-0.15, -0.1) is 0 Å². The topological polar surface area (TPSA) is 26.0 Å². The maximum atomic E-state index is 13.5. The summed E-state index contributed by atoms with van der Waals surface area (Å²) in [6.45, 7) is 4.75. The molecule has 0 heterocycles. The minimum atomic E-state index is -0.229. The zero-order valence-corrected chi connectivity index (χ0v) is 9.94. The molecule has 15 heavy (non-hydrogen) atoms. The first-order valence-corrected chi connectivity index (χ1v) is 5.47. The molecule has 1 rings (SSSR count). The van der Waals surface area contributed by atoms with Gasteiger partial charge in [0, 0.05) is 10.6 Å². The van der Waals surface area contributed by atoms with E-state index in [-0.39, 0.29) is 11.2 Å². The highest BCUT2D eigenvalue weighted by Crippen LogP contribution is 2.30. The molecule has 0 spiro atoms. The molecule has 0 saturated carbocycles. The summed E-state index contributed by atoms with van der Waals surface area (Å²) < 4.78 is 13.5. The zero-order valence-electron chi connectivity index (χ0n) is 9.19. The molecule has 0 saturated heterocycles. The van der Waals surface area contributed by atoms with Crippen LogP contribution in [0.2, 0.25) is 5.02 Å². The molecule has 2 N–H and O–H groups in total. The number of benzene rings is 1. The van der Waals surface area contributed by atoms with Crippen molar-refractivity contribution in [2.24, 2.45) is 11.1 Å². The van der Waals surface area contributed by atoms with E-state index in [1.807, 2.05) is 0 Å². The summed E-state index contributed by atoms with van der Waals surface area (Å²) in [5, 5.41) is 0.500. The number of hydrogen-bond acceptors (Lipinski definition) is 1. The van der Waals surface area contributed by atoms with E-state index in [2.05, 4.69) is 13.8 Å². The van der Waals surface area contributed by atoms with Crippen LogP contribution in [0.5, 0.6) is 0 Å². The van der Waals surface area contributed by atoms with Gasteiger partial charge in [-0.3, -0.25) is 0 Å². The fourth-order valence-corrected chi connectivity index (χ4v) is 1.89. The van der Waals surface area contributed by atoms with Gasteiger partial charge in [0.2, 0.25) is 0 Å². The molecule has 0 aliphatic heterocycles. The van der Waals surface area contributed by atoms with Crippen LogP contribution in [-0.2, 0) is 6.42 Å². The molecule has 0 bridgehead atoms. The molecule has 0 unspecified atom stereocenters. The Bertz CT molecular complexity index is 316. The summed E-state index contributed by atoms with van der Waals surface area (Å²) in [6, 6.07) is 4.79. The van der Waals surface area contributed by atoms with Crippen molar-refractivity contribution in [1.29, 1.82) is 0 Å². The summed E-state index contributed by atoms with van der Waals surface area (Å²) in [6.07, 6.45) is 1.48. The third-order valence-corrected chi connectivity index (χ3v) is 2.89. The summed E-state index contributed by atoms with van der Waals surface area (Å²) >= 11 is 5.96. The van der Waals surface area contributed by atoms with Crippen molar-refractivity contribution in [3.8, 4) is 0 Å². The normalized spacial score (nSPS) is 11.8. The second kappa shape index (κ2) is 4.95. The molecule has 3 heteroatoms. The van der Waals surface area contributed by atoms with Crippen molar-refractivity contribution < 1.29 is 4.39 Å². The Labute approximate surface area is 95.4 Å². The molecular weight excluding hydrogens is 213 g/mol. The maximum absolute atomic E-state index is 13.5. The standard InChI is InChI=1S/C12H17ClFN/c1-12(2,6-7-15)8-9-10(13)4-3-5-11(9)14/h3-5H,6-8,15H2,1-2H3. The van der Waals surface area contributed by atoms with Crippen LogP contribution in [0.25, 0.3) is 0 Å². The minimum Gasteiger partial charge on any atom is -0.330 e. The SMILES string of the molecule is CC(C)(CCN)Cc1c(F)cccc1Cl. The highest BCUT2D eigenvalue weighted by atomic mass is 35.5. The molecule has 0 radical (unpaired) electrons. The molecular formula is C12H17ClFN. The van der Waals surface area contributed by atoms with Crippen molar-refractivity contribution in [1.82, 2.24) is 0 Å². The van der Waals surface area contributed by atoms with E-state index in [9.17, 15) is 4.39 Å². The second-order valence-corrected chi connectivity index (χ2v) is 4.99. The third kappa shape index (κ3) is 3.47. The third-order valence-electron chi connectivity index (χ3n) is 2.54. The molecule has 0 aliphatic carbocycles. The van der Waals surface area contributed by atoms with Crippen LogP contribution < -0.4 is 5.73 Å². The van der Waals surface area contributed by atoms with E-state index < -0.39 is 0 Å². The van der Waals surface area contributed by atoms with Gasteiger partial charge in [-0.1, -0.05) is 31.5 Å². The quantitative estimate of drug-likeness (QED) is 0.842. The number of halogens is 2. The van der Waals surface area contributed by atoms with Gasteiger partial charge in [0.05, 0.1) is 0 Å². The van der Waals surface area contributed by atoms with Crippen LogP contribution in [0.3, 0.4) is 0 Å². The minimum absolute atomic E-state index is 0.0133. The molecule has 0 aliphatic rings. The lowest BCUT2D eigenvalue weighted by molar-refractivity contribution is 0.333. The zero-order chi connectivity index (χ0) is 11.5. The Morgan fingerprint density at radius 2 is 2.07 bits per heavy atom. The van der Waals surface area contributed by atoms with E-state index in [0.717, 1.165) is 6.42 Å². The summed E-state index contributed by atoms with van der Waals surface area (Å²) in [5.41, 5.74) is 6.10. The Kier molecular flexibility index (Phi) is 4.12. The Balaban J connectivity index is 2.89. The first kappa shape index (κ1) is 12.5. The van der Waals surface area contributed by atoms with Crippen molar-refractivity contribution in [3.63, 3.8) is 0 Å². The second-order valence-electron chi connectivity index (χ2n) is 4.58. The highest BCUT2D eigenvalue weighted by Gasteiger charge is 2.20. The smallest absolute Gasteiger partial charge is 0.127 e. The van der Waals surface area contributed by atoms with Gasteiger partial charge in [-0.05, 0) is 36.9 Å². The van der Waals surface area contributed by atoms with Crippen molar-refractivity contribution in [2.75, 3.05) is 6.54 Å². The molecule has 0 amide bonds. The van der Waals surface area contributed by atoms with Crippen molar-refractivity contribution >= 4 is 11.6 Å². The van der Waals surface area contributed by atoms with Crippen LogP contribution in [0.1, 0.15) is 25.8 Å². The molecule has 0 fully saturated rings. The van der Waals surface area contributed by atoms with Crippen molar-refractivity contribution in [3.05, 3.63) is 34.6 Å². The van der Waals surface area contributed by atoms with E-state index in [0.29, 0.717) is 23.6 Å². The van der Waals surface area contributed by atoms with Gasteiger partial charge in [-0.2, -0.15) is 0 Å². The average Bonchev–Trinajstić information content (AvgIpc) is 2.11. The molecule has 84 valence electrons. The Morgan fingerprint density at radius 1 is 1.40 bits per heavy atom. The number of hydrogen-bond donors (Lipinski definition) is 1. The fraction of sp³-hybridized carbons (Fsp3) is 0.500. The number of rotatable bonds is 4. The first-order chi connectivity index (χ1) is 6.96. The summed E-state index contributed by atoms with van der Waals surface area (Å²) in [4.78, 5) is 0. The van der Waals surface area contributed by atoms with E-state index in [4.69, 9.17) is 17.3 Å². The van der Waals surface area contributed by atoms with Gasteiger partial charge in [-0.25, -0.2) is 4.39 Å². The van der Waals surface area contributed by atoms with Gasteiger partial charge >= 0.3 is 0 Å². The molecule has 1 nitrogen and oxygen atoms in total. The average molecular weight is 230 g/mol. The maximum Gasteiger partial charge on any atom is 0.127 e. The van der Waals surface area contributed by atoms with Gasteiger partial charge in [0.15, 0.2) is 0 Å². The van der Waals surface area contributed by atoms with Crippen LogP contribution in [-0.4, -0.2) is 6.54 Å². The van der Waals surface area contributed by atoms with E-state index in [1.165, 1.54) is 6.07 Å². The monoisotopic (exact) mass is 229 g/mol. The predicted octanol–water partition coefficient (Wildman–Crippen LogP) is 3.40. The van der Waals surface area contributed by atoms with Gasteiger partial charge < -0.3 is 5.73 Å². The summed E-state index contributed by atoms with van der Waals surface area (Å²) in [7, 11) is 0. The molecule has 0 atom stereocenters. The van der Waals surface area contributed by atoms with Crippen molar-refractivity contribution in [2.45, 2.75) is 26.7 Å². The highest BCUT2D eigenvalue weighted by molar-refractivity contribution is 6.31. The van der Waals surface area contributed by atoms with Crippen LogP contribution >= 0.6 is 11.6 Å². The van der Waals surface area contributed by atoms with Gasteiger partial charge in [0.25, 0.3) is 0 Å². The summed E-state index contributed by atoms with van der Waals surface area (Å²) in [5.74, 6) is -0.229. The van der Waals surface area contributed by atoms with Crippen LogP contribution in [0, 0.1) is 11.2 Å². The molecule has 1 aromatic rings. The predicted molar refractivity (Wildman–Crippen MR) is 62.6 cm³/mol. The van der Waals surface area contributed by atoms with E-state index in [1.54, 1.807) is 12.1 Å². The largest absolute Gasteiger partial charge is 0.330 e. The first-order valence-electron chi connectivity index (χ1n) is 5.09. The van der Waals surface area contributed by atoms with Gasteiger partial charge in [0.1, 0.15) is 5.82 Å². The van der Waals surface area contributed by atoms with E-state index >= 15 is 0 Å².